The SMILES string of the molecule is CNC(=O)c1cnc(S(=O)(=O)NC(=O)Nc2c(C(C)C)cc(F)cc2C(C)C)nc1. The molecule has 1 aromatic carbocycles. The third-order valence-electron chi connectivity index (χ3n) is 4.23. The highest BCUT2D eigenvalue weighted by Gasteiger charge is 2.24. The van der Waals surface area contributed by atoms with Crippen LogP contribution in [0.5, 0.6) is 0 Å². The number of amides is 3. The van der Waals surface area contributed by atoms with Crippen LogP contribution in [0.4, 0.5) is 14.9 Å². The molecule has 0 atom stereocenters. The number of carbonyl (C=O) groups excluding carboxylic acids is 2. The van der Waals surface area contributed by atoms with Crippen molar-refractivity contribution >= 4 is 27.6 Å². The number of nitrogens with zero attached hydrogens (tertiary/aromatic N) is 2. The number of nitrogens with one attached hydrogen (secondary N) is 3. The first-order chi connectivity index (χ1) is 14.0. The fourth-order valence-corrected chi connectivity index (χ4v) is 3.50. The summed E-state index contributed by atoms with van der Waals surface area (Å²) in [5, 5.41) is 4.21. The van der Waals surface area contributed by atoms with E-state index in [-0.39, 0.29) is 17.4 Å². The maximum absolute atomic E-state index is 14.0. The number of anilines is 1. The standard InChI is InChI=1S/C19H24FN5O4S/c1-10(2)14-6-13(20)7-15(11(3)4)16(14)24-18(27)25-30(28,29)19-22-8-12(9-23-19)17(26)21-5/h6-11H,1-5H3,(H,21,26)(H2,24,25,27). The van der Waals surface area contributed by atoms with Gasteiger partial charge in [0, 0.05) is 25.1 Å². The normalized spacial score (nSPS) is 11.5. The molecule has 0 spiro atoms. The molecule has 0 unspecified atom stereocenters. The van der Waals surface area contributed by atoms with E-state index in [0.29, 0.717) is 16.8 Å². The molecule has 11 heteroatoms. The van der Waals surface area contributed by atoms with Gasteiger partial charge >= 0.3 is 16.1 Å². The molecule has 0 saturated heterocycles. The lowest BCUT2D eigenvalue weighted by atomic mass is 9.92. The Hall–Kier alpha value is -3.08. The first kappa shape index (κ1) is 23.2. The number of urea groups is 1. The number of rotatable bonds is 6. The summed E-state index contributed by atoms with van der Waals surface area (Å²) in [6.07, 6.45) is 2.07. The average molecular weight is 437 g/mol. The summed E-state index contributed by atoms with van der Waals surface area (Å²) in [6.45, 7) is 7.34. The molecule has 0 aliphatic rings. The van der Waals surface area contributed by atoms with Crippen molar-refractivity contribution in [1.29, 1.82) is 0 Å². The van der Waals surface area contributed by atoms with Gasteiger partial charge in [0.15, 0.2) is 0 Å². The number of hydrogen-bond acceptors (Lipinski definition) is 6. The zero-order valence-corrected chi connectivity index (χ0v) is 18.1. The van der Waals surface area contributed by atoms with E-state index in [0.717, 1.165) is 12.4 Å². The second kappa shape index (κ2) is 9.16. The van der Waals surface area contributed by atoms with Gasteiger partial charge in [0.2, 0.25) is 0 Å². The Balaban J connectivity index is 2.30. The van der Waals surface area contributed by atoms with Crippen molar-refractivity contribution < 1.29 is 22.4 Å². The molecule has 2 aromatic rings. The molecule has 3 N–H and O–H groups in total. The van der Waals surface area contributed by atoms with Gasteiger partial charge < -0.3 is 10.6 Å². The van der Waals surface area contributed by atoms with Crippen LogP contribution in [0.25, 0.3) is 0 Å². The zero-order valence-electron chi connectivity index (χ0n) is 17.3. The maximum Gasteiger partial charge on any atom is 0.333 e. The molecular formula is C19H24FN5O4S. The fourth-order valence-electron chi connectivity index (χ4n) is 2.73. The van der Waals surface area contributed by atoms with E-state index in [9.17, 15) is 22.4 Å². The molecule has 0 aliphatic heterocycles. The van der Waals surface area contributed by atoms with E-state index in [1.165, 1.54) is 19.2 Å². The number of aromatic nitrogens is 2. The largest absolute Gasteiger partial charge is 0.355 e. The Morgan fingerprint density at radius 3 is 1.93 bits per heavy atom. The van der Waals surface area contributed by atoms with Gasteiger partial charge in [0.1, 0.15) is 5.82 Å². The fraction of sp³-hybridized carbons (Fsp3) is 0.368. The molecule has 1 heterocycles. The van der Waals surface area contributed by atoms with Crippen LogP contribution in [0.15, 0.2) is 29.7 Å². The highest BCUT2D eigenvalue weighted by Crippen LogP contribution is 2.33. The molecule has 0 bridgehead atoms. The van der Waals surface area contributed by atoms with Gasteiger partial charge in [-0.15, -0.1) is 0 Å². The Labute approximate surface area is 174 Å². The van der Waals surface area contributed by atoms with Gasteiger partial charge in [-0.05, 0) is 35.1 Å². The average Bonchev–Trinajstić information content (AvgIpc) is 2.67. The molecule has 9 nitrogen and oxygen atoms in total. The Morgan fingerprint density at radius 1 is 1.00 bits per heavy atom. The molecule has 30 heavy (non-hydrogen) atoms. The first-order valence-electron chi connectivity index (χ1n) is 9.17. The van der Waals surface area contributed by atoms with Crippen molar-refractivity contribution in [1.82, 2.24) is 20.0 Å². The molecule has 0 aliphatic carbocycles. The summed E-state index contributed by atoms with van der Waals surface area (Å²) in [5.41, 5.74) is 1.50. The summed E-state index contributed by atoms with van der Waals surface area (Å²) in [7, 11) is -2.99. The van der Waals surface area contributed by atoms with E-state index in [1.54, 1.807) is 0 Å². The molecule has 162 valence electrons. The second-order valence-corrected chi connectivity index (χ2v) is 8.74. The number of benzene rings is 1. The van der Waals surface area contributed by atoms with E-state index in [2.05, 4.69) is 20.6 Å². The highest BCUT2D eigenvalue weighted by molar-refractivity contribution is 7.89. The van der Waals surface area contributed by atoms with Crippen molar-refractivity contribution in [2.75, 3.05) is 12.4 Å². The summed E-state index contributed by atoms with van der Waals surface area (Å²) in [6, 6.07) is 1.58. The zero-order chi connectivity index (χ0) is 22.6. The van der Waals surface area contributed by atoms with E-state index < -0.39 is 32.9 Å². The molecule has 3 amide bonds. The van der Waals surface area contributed by atoms with Gasteiger partial charge in [-0.3, -0.25) is 4.79 Å². The Morgan fingerprint density at radius 2 is 1.50 bits per heavy atom. The third-order valence-corrected chi connectivity index (χ3v) is 5.38. The van der Waals surface area contributed by atoms with Gasteiger partial charge in [0.05, 0.1) is 5.56 Å². The molecular weight excluding hydrogens is 413 g/mol. The second-order valence-electron chi connectivity index (χ2n) is 7.16. The lowest BCUT2D eigenvalue weighted by molar-refractivity contribution is 0.0962. The monoisotopic (exact) mass is 437 g/mol. The highest BCUT2D eigenvalue weighted by atomic mass is 32.2. The van der Waals surface area contributed by atoms with Gasteiger partial charge in [-0.2, -0.15) is 8.42 Å². The van der Waals surface area contributed by atoms with E-state index >= 15 is 0 Å². The Kier molecular flexibility index (Phi) is 7.08. The van der Waals surface area contributed by atoms with Crippen LogP contribution >= 0.6 is 0 Å². The minimum atomic E-state index is -4.39. The number of hydrogen-bond donors (Lipinski definition) is 3. The van der Waals surface area contributed by atoms with Crippen molar-refractivity contribution in [3.8, 4) is 0 Å². The molecule has 1 aromatic heterocycles. The molecule has 0 radical (unpaired) electrons. The van der Waals surface area contributed by atoms with Gasteiger partial charge in [0.25, 0.3) is 11.1 Å². The number of sulfonamides is 1. The number of carbonyl (C=O) groups is 2. The van der Waals surface area contributed by atoms with E-state index in [1.807, 2.05) is 32.4 Å². The summed E-state index contributed by atoms with van der Waals surface area (Å²) < 4.78 is 40.7. The summed E-state index contributed by atoms with van der Waals surface area (Å²) in [5.74, 6) is -1.16. The van der Waals surface area contributed by atoms with Crippen molar-refractivity contribution in [2.24, 2.45) is 0 Å². The minimum absolute atomic E-state index is 0.0652. The quantitative estimate of drug-likeness (QED) is 0.596. The smallest absolute Gasteiger partial charge is 0.333 e. The Bertz CT molecular complexity index is 1020. The molecule has 0 saturated carbocycles. The lowest BCUT2D eigenvalue weighted by Crippen LogP contribution is -2.36. The molecule has 2 rings (SSSR count). The predicted octanol–water partition coefficient (Wildman–Crippen LogP) is 2.73. The predicted molar refractivity (Wildman–Crippen MR) is 109 cm³/mol. The summed E-state index contributed by atoms with van der Waals surface area (Å²) >= 11 is 0. The maximum atomic E-state index is 14.0. The first-order valence-corrected chi connectivity index (χ1v) is 10.7. The minimum Gasteiger partial charge on any atom is -0.355 e. The van der Waals surface area contributed by atoms with Crippen LogP contribution in [-0.4, -0.2) is 37.4 Å². The van der Waals surface area contributed by atoms with Crippen LogP contribution in [0.1, 0.15) is 61.0 Å². The van der Waals surface area contributed by atoms with Crippen molar-refractivity contribution in [3.05, 3.63) is 47.0 Å². The van der Waals surface area contributed by atoms with Gasteiger partial charge in [-0.1, -0.05) is 27.7 Å². The third kappa shape index (κ3) is 5.29. The van der Waals surface area contributed by atoms with E-state index in [4.69, 9.17) is 0 Å². The van der Waals surface area contributed by atoms with Crippen molar-refractivity contribution in [2.45, 2.75) is 44.7 Å². The number of halogens is 1. The van der Waals surface area contributed by atoms with Crippen LogP contribution in [0, 0.1) is 5.82 Å². The topological polar surface area (TPSA) is 130 Å². The van der Waals surface area contributed by atoms with Crippen molar-refractivity contribution in [3.63, 3.8) is 0 Å². The molecule has 0 fully saturated rings. The summed E-state index contributed by atoms with van der Waals surface area (Å²) in [4.78, 5) is 31.2. The van der Waals surface area contributed by atoms with Crippen LogP contribution < -0.4 is 15.4 Å². The van der Waals surface area contributed by atoms with Crippen LogP contribution in [-0.2, 0) is 10.0 Å². The van der Waals surface area contributed by atoms with Gasteiger partial charge in [-0.25, -0.2) is 23.9 Å². The van der Waals surface area contributed by atoms with Crippen LogP contribution in [0.3, 0.4) is 0 Å². The lowest BCUT2D eigenvalue weighted by Gasteiger charge is -2.20. The van der Waals surface area contributed by atoms with Crippen LogP contribution in [0.2, 0.25) is 0 Å².